The Balaban J connectivity index is 1.42. The minimum Gasteiger partial charge on any atom is -0.368 e. The number of benzene rings is 1. The highest BCUT2D eigenvalue weighted by Gasteiger charge is 2.42. The van der Waals surface area contributed by atoms with E-state index in [0.29, 0.717) is 11.3 Å². The maximum atomic E-state index is 13.4. The molecular weight excluding hydrogens is 487 g/mol. The summed E-state index contributed by atoms with van der Waals surface area (Å²) in [5.41, 5.74) is 0.973. The molecule has 2 fully saturated rings. The van der Waals surface area contributed by atoms with E-state index in [0.717, 1.165) is 29.0 Å². The number of rotatable bonds is 6. The zero-order valence-electron chi connectivity index (χ0n) is 23.2. The lowest BCUT2D eigenvalue weighted by Gasteiger charge is -2.48. The number of amides is 3. The van der Waals surface area contributed by atoms with Gasteiger partial charge in [0.25, 0.3) is 5.91 Å². The van der Waals surface area contributed by atoms with Gasteiger partial charge in [0.05, 0.1) is 6.04 Å². The summed E-state index contributed by atoms with van der Waals surface area (Å²) in [6, 6.07) is 8.19. The maximum absolute atomic E-state index is 13.4. The number of urea groups is 1. The lowest BCUT2D eigenvalue weighted by molar-refractivity contribution is -0.141. The quantitative estimate of drug-likeness (QED) is 0.521. The zero-order chi connectivity index (χ0) is 29.0. The summed E-state index contributed by atoms with van der Waals surface area (Å²) < 4.78 is 63.5. The number of fused-ring (bicyclic) bond motifs is 1. The van der Waals surface area contributed by atoms with Crippen molar-refractivity contribution < 1.29 is 26.9 Å². The molecule has 0 bridgehead atoms. The van der Waals surface area contributed by atoms with Gasteiger partial charge in [-0.1, -0.05) is 12.1 Å². The van der Waals surface area contributed by atoms with Gasteiger partial charge in [-0.15, -0.1) is 0 Å². The van der Waals surface area contributed by atoms with Crippen LogP contribution in [0, 0.1) is 0 Å². The second-order valence-electron chi connectivity index (χ2n) is 9.60. The molecule has 1 aliphatic carbocycles. The normalized spacial score (nSPS) is 21.0. The Morgan fingerprint density at radius 3 is 2.54 bits per heavy atom. The zero-order valence-corrected chi connectivity index (χ0v) is 20.2. The maximum Gasteiger partial charge on any atom is 0.435 e. The van der Waals surface area contributed by atoms with E-state index >= 15 is 0 Å². The van der Waals surface area contributed by atoms with Crippen LogP contribution in [0.1, 0.15) is 56.1 Å². The average molecular weight is 519 g/mol. The van der Waals surface area contributed by atoms with Gasteiger partial charge in [-0.05, 0) is 30.5 Å². The highest BCUT2D eigenvalue weighted by atomic mass is 19.4. The minimum atomic E-state index is -4.64. The third-order valence-electron chi connectivity index (χ3n) is 6.84. The van der Waals surface area contributed by atoms with Crippen molar-refractivity contribution in [3.63, 3.8) is 0 Å². The third kappa shape index (κ3) is 4.79. The van der Waals surface area contributed by atoms with Crippen molar-refractivity contribution in [2.24, 2.45) is 0 Å². The van der Waals surface area contributed by atoms with E-state index in [2.05, 4.69) is 15.4 Å². The lowest BCUT2D eigenvalue weighted by atomic mass is 9.82. The van der Waals surface area contributed by atoms with Gasteiger partial charge in [0.1, 0.15) is 5.82 Å². The van der Waals surface area contributed by atoms with Gasteiger partial charge in [-0.3, -0.25) is 4.79 Å². The monoisotopic (exact) mass is 518 g/mol. The Bertz CT molecular complexity index is 1440. The number of nitrogens with one attached hydrogen (secondary N) is 2. The fourth-order valence-corrected chi connectivity index (χ4v) is 4.62. The number of carbonyl (C=O) groups excluding carboxylic acids is 2. The summed E-state index contributed by atoms with van der Waals surface area (Å²) in [5.74, 6) is 0.0666. The van der Waals surface area contributed by atoms with Gasteiger partial charge >= 0.3 is 12.2 Å². The molecule has 0 spiro atoms. The first kappa shape index (κ1) is 21.3. The highest BCUT2D eigenvalue weighted by Crippen LogP contribution is 2.41. The molecule has 37 heavy (non-hydrogen) atoms. The topological polar surface area (TPSA) is 94.9 Å². The molecule has 12 heteroatoms. The molecule has 2 atom stereocenters. The van der Waals surface area contributed by atoms with Crippen LogP contribution in [0.5, 0.6) is 0 Å². The number of halogens is 3. The molecule has 1 aromatic carbocycles. The van der Waals surface area contributed by atoms with E-state index in [1.807, 2.05) is 5.32 Å². The van der Waals surface area contributed by atoms with Crippen LogP contribution in [0.4, 0.5) is 23.8 Å². The van der Waals surface area contributed by atoms with Crippen LogP contribution in [0.2, 0.25) is 0 Å². The predicted octanol–water partition coefficient (Wildman–Crippen LogP) is 3.55. The van der Waals surface area contributed by atoms with E-state index in [9.17, 15) is 22.8 Å². The summed E-state index contributed by atoms with van der Waals surface area (Å²) in [5, 5.41) is 8.85. The number of likely N-dealkylation sites (tertiary alicyclic amines) is 1. The molecule has 3 amide bonds. The molecule has 1 saturated carbocycles. The summed E-state index contributed by atoms with van der Waals surface area (Å²) >= 11 is 0. The molecule has 3 heterocycles. The smallest absolute Gasteiger partial charge is 0.368 e. The summed E-state index contributed by atoms with van der Waals surface area (Å²) in [6.07, 6.45) is -2.86. The molecule has 1 saturated heterocycles. The van der Waals surface area contributed by atoms with Gasteiger partial charge in [0.2, 0.25) is 0 Å². The number of hydrogen-bond donors (Lipinski definition) is 2. The Kier molecular flexibility index (Phi) is 5.31. The summed E-state index contributed by atoms with van der Waals surface area (Å²) in [4.78, 5) is 32.2. The van der Waals surface area contributed by atoms with Gasteiger partial charge in [0, 0.05) is 73.5 Å². The van der Waals surface area contributed by atoms with E-state index in [1.165, 1.54) is 9.80 Å². The van der Waals surface area contributed by atoms with Gasteiger partial charge < -0.3 is 20.4 Å². The van der Waals surface area contributed by atoms with Crippen molar-refractivity contribution in [2.75, 3.05) is 39.5 Å². The summed E-state index contributed by atoms with van der Waals surface area (Å²) in [7, 11) is 3.29. The number of hydrogen-bond acceptors (Lipinski definition) is 5. The van der Waals surface area contributed by atoms with E-state index < -0.39 is 30.9 Å². The Morgan fingerprint density at radius 1 is 1.19 bits per heavy atom. The molecule has 1 aliphatic heterocycles. The van der Waals surface area contributed by atoms with Crippen molar-refractivity contribution in [1.82, 2.24) is 29.7 Å². The predicted molar refractivity (Wildman–Crippen MR) is 131 cm³/mol. The SMILES string of the molecule is [2H]C([2H])([2H])NC(=O)N1CC(c2ccc(C(=O)N(C)C)cc2)C1CNc1cc(C2CC2)nc2cc(C(F)(F)F)nn12. The molecule has 2 unspecified atom stereocenters. The molecule has 196 valence electrons. The van der Waals surface area contributed by atoms with Crippen LogP contribution in [0.3, 0.4) is 0 Å². The Hall–Kier alpha value is -3.83. The molecule has 5 rings (SSSR count). The standard InChI is InChI=1S/C25H28F3N7O2/c1-29-24(37)34-13-17(14-4-8-16(9-5-14)23(36)33(2)3)19(34)12-30-21-10-18(15-6-7-15)31-22-11-20(25(26,27)28)32-35(21)22/h4-5,8-11,15,17,19,30H,6-7,12-13H2,1-3H3,(H,29,37)/i1D3. The van der Waals surface area contributed by atoms with Crippen molar-refractivity contribution in [2.45, 2.75) is 36.9 Å². The fraction of sp³-hybridized carbons (Fsp3) is 0.440. The molecular formula is C25H28F3N7O2. The van der Waals surface area contributed by atoms with Crippen LogP contribution in [0.25, 0.3) is 5.65 Å². The van der Waals surface area contributed by atoms with Crippen molar-refractivity contribution in [1.29, 1.82) is 0 Å². The largest absolute Gasteiger partial charge is 0.435 e. The molecule has 2 N–H and O–H groups in total. The fourth-order valence-electron chi connectivity index (χ4n) is 4.62. The number of carbonyl (C=O) groups is 2. The molecule has 2 aliphatic rings. The molecule has 0 radical (unpaired) electrons. The van der Waals surface area contributed by atoms with E-state index in [1.54, 1.807) is 44.4 Å². The van der Waals surface area contributed by atoms with Crippen LogP contribution < -0.4 is 10.6 Å². The second kappa shape index (κ2) is 9.24. The first-order valence-corrected chi connectivity index (χ1v) is 11.8. The van der Waals surface area contributed by atoms with Gasteiger partial charge in [-0.2, -0.15) is 22.8 Å². The van der Waals surface area contributed by atoms with Crippen LogP contribution in [-0.2, 0) is 6.18 Å². The first-order chi connectivity index (χ1) is 18.7. The third-order valence-corrected chi connectivity index (χ3v) is 6.84. The Morgan fingerprint density at radius 2 is 1.92 bits per heavy atom. The van der Waals surface area contributed by atoms with Gasteiger partial charge in [0.15, 0.2) is 11.3 Å². The van der Waals surface area contributed by atoms with Crippen molar-refractivity contribution in [3.05, 3.63) is 58.9 Å². The average Bonchev–Trinajstić information content (AvgIpc) is 3.59. The first-order valence-electron chi connectivity index (χ1n) is 13.3. The number of aromatic nitrogens is 3. The van der Waals surface area contributed by atoms with Crippen LogP contribution >= 0.6 is 0 Å². The van der Waals surface area contributed by atoms with E-state index in [-0.39, 0.29) is 42.3 Å². The molecule has 3 aromatic rings. The highest BCUT2D eigenvalue weighted by molar-refractivity contribution is 5.93. The summed E-state index contributed by atoms with van der Waals surface area (Å²) in [6.45, 7) is -2.37. The Labute approximate surface area is 215 Å². The molecule has 9 nitrogen and oxygen atoms in total. The van der Waals surface area contributed by atoms with E-state index in [4.69, 9.17) is 4.11 Å². The number of alkyl halides is 3. The second-order valence-corrected chi connectivity index (χ2v) is 9.60. The van der Waals surface area contributed by atoms with Crippen LogP contribution in [-0.4, -0.2) is 76.5 Å². The van der Waals surface area contributed by atoms with Gasteiger partial charge in [-0.25, -0.2) is 9.78 Å². The number of anilines is 1. The number of nitrogens with zero attached hydrogens (tertiary/aromatic N) is 5. The van der Waals surface area contributed by atoms with Crippen molar-refractivity contribution >= 4 is 23.4 Å². The van der Waals surface area contributed by atoms with Crippen LogP contribution in [0.15, 0.2) is 36.4 Å². The minimum absolute atomic E-state index is 0.0579. The lowest BCUT2D eigenvalue weighted by Crippen LogP contribution is -2.61. The molecule has 2 aromatic heterocycles. The van der Waals surface area contributed by atoms with Crippen molar-refractivity contribution in [3.8, 4) is 0 Å².